The number of fused-ring (bicyclic) bond motifs is 1. The highest BCUT2D eigenvalue weighted by atomic mass is 79.9. The second kappa shape index (κ2) is 4.41. The van der Waals surface area contributed by atoms with E-state index in [2.05, 4.69) is 36.8 Å². The maximum absolute atomic E-state index is 12.1. The highest BCUT2D eigenvalue weighted by Crippen LogP contribution is 2.16. The van der Waals surface area contributed by atoms with Crippen LogP contribution in [0.3, 0.4) is 0 Å². The van der Waals surface area contributed by atoms with E-state index in [4.69, 9.17) is 0 Å². The van der Waals surface area contributed by atoms with Crippen LogP contribution in [0.4, 0.5) is 0 Å². The normalized spacial score (nSPS) is 11.3. The zero-order chi connectivity index (χ0) is 12.7. The van der Waals surface area contributed by atoms with E-state index in [9.17, 15) is 9.59 Å². The molecule has 0 aliphatic carbocycles. The molecular formula is C9H10Br2N4O2. The maximum atomic E-state index is 12.1. The highest BCUT2D eigenvalue weighted by molar-refractivity contribution is 9.10. The minimum atomic E-state index is -0.376. The SMILES string of the molecule is Cn1c(=O)c2c(nc(Br)n2CCBr)n(C)c1=O. The zero-order valence-electron chi connectivity index (χ0n) is 9.28. The summed E-state index contributed by atoms with van der Waals surface area (Å²) in [6, 6.07) is 0. The van der Waals surface area contributed by atoms with Gasteiger partial charge in [0.15, 0.2) is 15.9 Å². The Hall–Kier alpha value is -0.890. The number of hydrogen-bond acceptors (Lipinski definition) is 3. The predicted molar refractivity (Wildman–Crippen MR) is 71.7 cm³/mol. The van der Waals surface area contributed by atoms with Gasteiger partial charge in [-0.15, -0.1) is 0 Å². The van der Waals surface area contributed by atoms with Crippen molar-refractivity contribution in [2.24, 2.45) is 14.1 Å². The summed E-state index contributed by atoms with van der Waals surface area (Å²) in [7, 11) is 3.06. The molecule has 2 heterocycles. The summed E-state index contributed by atoms with van der Waals surface area (Å²) >= 11 is 6.62. The summed E-state index contributed by atoms with van der Waals surface area (Å²) in [6.45, 7) is 0.602. The minimum absolute atomic E-state index is 0.331. The molecule has 0 aliphatic rings. The van der Waals surface area contributed by atoms with Crippen molar-refractivity contribution in [3.05, 3.63) is 25.6 Å². The first-order valence-corrected chi connectivity index (χ1v) is 6.78. The molecule has 0 saturated heterocycles. The van der Waals surface area contributed by atoms with Gasteiger partial charge in [-0.1, -0.05) is 15.9 Å². The van der Waals surface area contributed by atoms with Crippen LogP contribution in [0.1, 0.15) is 0 Å². The summed E-state index contributed by atoms with van der Waals surface area (Å²) in [5.74, 6) is 0. The Morgan fingerprint density at radius 3 is 2.47 bits per heavy atom. The Bertz CT molecular complexity index is 698. The number of aryl methyl sites for hydroxylation is 2. The summed E-state index contributed by atoms with van der Waals surface area (Å²) < 4.78 is 4.74. The van der Waals surface area contributed by atoms with E-state index in [-0.39, 0.29) is 11.2 Å². The molecule has 0 fully saturated rings. The average Bonchev–Trinajstić information content (AvgIpc) is 2.62. The van der Waals surface area contributed by atoms with E-state index >= 15 is 0 Å². The van der Waals surface area contributed by atoms with Gasteiger partial charge in [-0.2, -0.15) is 0 Å². The van der Waals surface area contributed by atoms with Crippen LogP contribution in [0, 0.1) is 0 Å². The molecule has 6 nitrogen and oxygen atoms in total. The van der Waals surface area contributed by atoms with Gasteiger partial charge in [-0.25, -0.2) is 9.78 Å². The quantitative estimate of drug-likeness (QED) is 0.578. The van der Waals surface area contributed by atoms with Crippen molar-refractivity contribution in [1.82, 2.24) is 18.7 Å². The standard InChI is InChI=1S/C9H10Br2N4O2/c1-13-6-5(7(16)14(2)9(13)17)15(4-3-10)8(11)12-6/h3-4H2,1-2H3. The smallest absolute Gasteiger partial charge is 0.312 e. The van der Waals surface area contributed by atoms with Gasteiger partial charge < -0.3 is 4.57 Å². The minimum Gasteiger partial charge on any atom is -0.312 e. The average molecular weight is 366 g/mol. The van der Waals surface area contributed by atoms with Crippen LogP contribution < -0.4 is 11.2 Å². The molecule has 0 aliphatic heterocycles. The summed E-state index contributed by atoms with van der Waals surface area (Å²) in [6.07, 6.45) is 0. The number of imidazole rings is 1. The van der Waals surface area contributed by atoms with E-state index < -0.39 is 0 Å². The third-order valence-electron chi connectivity index (χ3n) is 2.61. The van der Waals surface area contributed by atoms with Crippen LogP contribution in [0.15, 0.2) is 14.3 Å². The van der Waals surface area contributed by atoms with Gasteiger partial charge in [-0.05, 0) is 15.9 Å². The molecule has 0 saturated carbocycles. The molecule has 0 spiro atoms. The predicted octanol–water partition coefficient (Wildman–Crippen LogP) is 0.591. The van der Waals surface area contributed by atoms with Crippen LogP contribution in [-0.2, 0) is 20.6 Å². The van der Waals surface area contributed by atoms with Crippen LogP contribution in [0.2, 0.25) is 0 Å². The van der Waals surface area contributed by atoms with Crippen molar-refractivity contribution < 1.29 is 0 Å². The lowest BCUT2D eigenvalue weighted by Crippen LogP contribution is -2.37. The first-order chi connectivity index (χ1) is 7.99. The molecular weight excluding hydrogens is 356 g/mol. The highest BCUT2D eigenvalue weighted by Gasteiger charge is 2.16. The van der Waals surface area contributed by atoms with E-state index in [1.165, 1.54) is 11.6 Å². The van der Waals surface area contributed by atoms with Gasteiger partial charge in [0.25, 0.3) is 5.56 Å². The maximum Gasteiger partial charge on any atom is 0.332 e. The third-order valence-corrected chi connectivity index (χ3v) is 3.57. The van der Waals surface area contributed by atoms with E-state index in [0.717, 1.165) is 4.57 Å². The molecule has 0 bridgehead atoms. The fraction of sp³-hybridized carbons (Fsp3) is 0.444. The van der Waals surface area contributed by atoms with Crippen LogP contribution in [-0.4, -0.2) is 24.0 Å². The van der Waals surface area contributed by atoms with Gasteiger partial charge >= 0.3 is 5.69 Å². The Kier molecular flexibility index (Phi) is 3.26. The fourth-order valence-electron chi connectivity index (χ4n) is 1.71. The Labute approximate surface area is 113 Å². The first kappa shape index (κ1) is 12.6. The lowest BCUT2D eigenvalue weighted by atomic mass is 10.5. The second-order valence-electron chi connectivity index (χ2n) is 3.60. The van der Waals surface area contributed by atoms with Gasteiger partial charge in [0.2, 0.25) is 0 Å². The molecule has 0 amide bonds. The number of alkyl halides is 1. The Balaban J connectivity index is 3.02. The van der Waals surface area contributed by atoms with Crippen molar-refractivity contribution in [3.63, 3.8) is 0 Å². The molecule has 2 rings (SSSR count). The second-order valence-corrected chi connectivity index (χ2v) is 5.10. The monoisotopic (exact) mass is 364 g/mol. The molecule has 0 atom stereocenters. The molecule has 0 aromatic carbocycles. The number of hydrogen-bond donors (Lipinski definition) is 0. The van der Waals surface area contributed by atoms with Gasteiger partial charge in [-0.3, -0.25) is 13.9 Å². The molecule has 2 aromatic heterocycles. The van der Waals surface area contributed by atoms with Crippen molar-refractivity contribution in [2.75, 3.05) is 5.33 Å². The van der Waals surface area contributed by atoms with Gasteiger partial charge in [0, 0.05) is 26.0 Å². The van der Waals surface area contributed by atoms with Crippen molar-refractivity contribution in [1.29, 1.82) is 0 Å². The van der Waals surface area contributed by atoms with Crippen molar-refractivity contribution in [3.8, 4) is 0 Å². The lowest BCUT2D eigenvalue weighted by Gasteiger charge is -2.05. The third kappa shape index (κ3) is 1.79. The molecule has 2 aromatic rings. The topological polar surface area (TPSA) is 61.8 Å². The van der Waals surface area contributed by atoms with Crippen molar-refractivity contribution >= 4 is 43.0 Å². The van der Waals surface area contributed by atoms with E-state index in [1.807, 2.05) is 0 Å². The molecule has 8 heteroatoms. The fourth-order valence-corrected chi connectivity index (χ4v) is 2.59. The largest absolute Gasteiger partial charge is 0.332 e. The number of halogens is 2. The Morgan fingerprint density at radius 2 is 1.88 bits per heavy atom. The van der Waals surface area contributed by atoms with E-state index in [1.54, 1.807) is 11.6 Å². The van der Waals surface area contributed by atoms with Crippen molar-refractivity contribution in [2.45, 2.75) is 6.54 Å². The summed E-state index contributed by atoms with van der Waals surface area (Å²) in [5, 5.41) is 0.697. The Morgan fingerprint density at radius 1 is 1.24 bits per heavy atom. The number of rotatable bonds is 2. The first-order valence-electron chi connectivity index (χ1n) is 4.86. The van der Waals surface area contributed by atoms with Crippen LogP contribution in [0.5, 0.6) is 0 Å². The molecule has 0 N–H and O–H groups in total. The molecule has 0 unspecified atom stereocenters. The van der Waals surface area contributed by atoms with Crippen LogP contribution in [0.25, 0.3) is 11.2 Å². The van der Waals surface area contributed by atoms with Crippen LogP contribution >= 0.6 is 31.9 Å². The lowest BCUT2D eigenvalue weighted by molar-refractivity contribution is 0.700. The molecule has 92 valence electrons. The molecule has 17 heavy (non-hydrogen) atoms. The van der Waals surface area contributed by atoms with E-state index in [0.29, 0.717) is 27.8 Å². The van der Waals surface area contributed by atoms with Gasteiger partial charge in [0.05, 0.1) is 0 Å². The number of nitrogens with zero attached hydrogens (tertiary/aromatic N) is 4. The molecule has 0 radical (unpaired) electrons. The summed E-state index contributed by atoms with van der Waals surface area (Å²) in [5.41, 5.74) is 0.118. The summed E-state index contributed by atoms with van der Waals surface area (Å²) in [4.78, 5) is 28.0. The van der Waals surface area contributed by atoms with Gasteiger partial charge in [0.1, 0.15) is 0 Å². The number of aromatic nitrogens is 4. The zero-order valence-corrected chi connectivity index (χ0v) is 12.4.